The molecule has 0 aromatic heterocycles. The third-order valence-corrected chi connectivity index (χ3v) is 4.91. The molecule has 3 heterocycles. The van der Waals surface area contributed by atoms with Crippen molar-refractivity contribution in [2.75, 3.05) is 6.61 Å². The van der Waals surface area contributed by atoms with Crippen LogP contribution in [0, 0.1) is 0 Å². The summed E-state index contributed by atoms with van der Waals surface area (Å²) in [6.45, 7) is 8.86. The van der Waals surface area contributed by atoms with Gasteiger partial charge in [-0.25, -0.2) is 0 Å². The second kappa shape index (κ2) is 6.86. The molecule has 3 unspecified atom stereocenters. The minimum absolute atomic E-state index is 0.107. The first-order valence-corrected chi connectivity index (χ1v) is 9.28. The summed E-state index contributed by atoms with van der Waals surface area (Å²) in [5.74, 6) is -0.684. The van der Waals surface area contributed by atoms with Crippen LogP contribution in [0.15, 0.2) is 30.3 Å². The topological polar surface area (TPSA) is 58.7 Å². The maximum Gasteiger partial charge on any atom is 0.190 e. The molecule has 0 bridgehead atoms. The van der Waals surface area contributed by atoms with Crippen LogP contribution in [0.4, 0.5) is 0 Å². The Kier molecular flexibility index (Phi) is 4.84. The number of ether oxygens (including phenoxy) is 6. The van der Waals surface area contributed by atoms with Crippen LogP contribution in [-0.4, -0.2) is 48.9 Å². The summed E-state index contributed by atoms with van der Waals surface area (Å²) in [5.41, 5.74) is 0.908. The number of hydrogen-bond donors (Lipinski definition) is 0. The fourth-order valence-corrected chi connectivity index (χ4v) is 3.47. The summed E-state index contributed by atoms with van der Waals surface area (Å²) in [7, 11) is 0. The third kappa shape index (κ3) is 4.11. The maximum absolute atomic E-state index is 6.16. The molecule has 0 aliphatic carbocycles. The molecule has 1 aromatic carbocycles. The van der Waals surface area contributed by atoms with Crippen LogP contribution >= 0.6 is 0 Å². The molecule has 0 saturated carbocycles. The Morgan fingerprint density at radius 3 is 2.46 bits per heavy atom. The Labute approximate surface area is 154 Å². The Morgan fingerprint density at radius 1 is 1.04 bits per heavy atom. The Morgan fingerprint density at radius 2 is 1.77 bits per heavy atom. The van der Waals surface area contributed by atoms with Gasteiger partial charge in [0.15, 0.2) is 18.4 Å². The van der Waals surface area contributed by atoms with E-state index in [9.17, 15) is 0 Å². The van der Waals surface area contributed by atoms with Crippen molar-refractivity contribution >= 4 is 0 Å². The van der Waals surface area contributed by atoms with E-state index in [1.165, 1.54) is 0 Å². The zero-order valence-corrected chi connectivity index (χ0v) is 15.8. The van der Waals surface area contributed by atoms with Gasteiger partial charge in [0.25, 0.3) is 0 Å². The van der Waals surface area contributed by atoms with Crippen molar-refractivity contribution in [1.82, 2.24) is 0 Å². The van der Waals surface area contributed by atoms with Gasteiger partial charge >= 0.3 is 0 Å². The van der Waals surface area contributed by atoms with Crippen LogP contribution in [0.25, 0.3) is 0 Å². The van der Waals surface area contributed by atoms with Crippen LogP contribution in [0.1, 0.15) is 39.7 Å². The average molecular weight is 364 g/mol. The standard InChI is InChI=1S/C20H28O6/c1-19(2)18(26-19)23-15-10-14(12-21-11-13-8-6-5-7-9-13)22-17-16(15)24-20(3,4)25-17/h5-9,14-18H,10-12H2,1-4H3/t14?,15-,16?,17-,18?/m0/s1. The summed E-state index contributed by atoms with van der Waals surface area (Å²) < 4.78 is 35.6. The average Bonchev–Trinajstić information content (AvgIpc) is 3.03. The summed E-state index contributed by atoms with van der Waals surface area (Å²) >= 11 is 0. The molecular weight excluding hydrogens is 336 g/mol. The highest BCUT2D eigenvalue weighted by Gasteiger charge is 2.56. The molecule has 26 heavy (non-hydrogen) atoms. The first-order valence-electron chi connectivity index (χ1n) is 9.28. The Bertz CT molecular complexity index is 616. The highest BCUT2D eigenvalue weighted by molar-refractivity contribution is 5.13. The van der Waals surface area contributed by atoms with Crippen molar-refractivity contribution < 1.29 is 28.4 Å². The molecule has 5 atom stereocenters. The number of benzene rings is 1. The molecule has 1 aromatic rings. The molecule has 0 amide bonds. The third-order valence-electron chi connectivity index (χ3n) is 4.91. The van der Waals surface area contributed by atoms with Crippen molar-refractivity contribution in [2.45, 2.75) is 83.0 Å². The van der Waals surface area contributed by atoms with E-state index in [2.05, 4.69) is 0 Å². The van der Waals surface area contributed by atoms with Gasteiger partial charge in [0.2, 0.25) is 0 Å². The lowest BCUT2D eigenvalue weighted by Crippen LogP contribution is -2.49. The quantitative estimate of drug-likeness (QED) is 0.724. The molecule has 4 rings (SSSR count). The van der Waals surface area contributed by atoms with Crippen LogP contribution in [-0.2, 0) is 35.0 Å². The van der Waals surface area contributed by atoms with Crippen molar-refractivity contribution in [3.05, 3.63) is 35.9 Å². The van der Waals surface area contributed by atoms with Crippen LogP contribution in [0.5, 0.6) is 0 Å². The normalized spacial score (nSPS) is 37.3. The van der Waals surface area contributed by atoms with Crippen LogP contribution < -0.4 is 0 Å². The molecule has 3 aliphatic heterocycles. The van der Waals surface area contributed by atoms with Crippen molar-refractivity contribution in [1.29, 1.82) is 0 Å². The molecule has 3 saturated heterocycles. The molecule has 3 fully saturated rings. The zero-order chi connectivity index (χ0) is 18.4. The van der Waals surface area contributed by atoms with Gasteiger partial charge in [0.05, 0.1) is 25.4 Å². The SMILES string of the molecule is CC1(C)OC2[C@@H](OC(COCc3ccccc3)C[C@@H]2OC2OC2(C)C)O1. The number of hydrogen-bond acceptors (Lipinski definition) is 6. The minimum atomic E-state index is -0.684. The van der Waals surface area contributed by atoms with Crippen molar-refractivity contribution in [3.8, 4) is 0 Å². The largest absolute Gasteiger partial charge is 0.374 e. The molecule has 144 valence electrons. The first kappa shape index (κ1) is 18.3. The van der Waals surface area contributed by atoms with Gasteiger partial charge < -0.3 is 28.4 Å². The molecule has 6 nitrogen and oxygen atoms in total. The number of epoxide rings is 1. The zero-order valence-electron chi connectivity index (χ0n) is 15.8. The lowest BCUT2D eigenvalue weighted by molar-refractivity contribution is -0.236. The summed E-state index contributed by atoms with van der Waals surface area (Å²) in [4.78, 5) is 0. The predicted octanol–water partition coefficient (Wildman–Crippen LogP) is 2.99. The van der Waals surface area contributed by atoms with E-state index in [0.29, 0.717) is 19.6 Å². The van der Waals surface area contributed by atoms with Gasteiger partial charge in [-0.15, -0.1) is 0 Å². The summed E-state index contributed by atoms with van der Waals surface area (Å²) in [5, 5.41) is 0. The van der Waals surface area contributed by atoms with E-state index in [-0.39, 0.29) is 30.2 Å². The van der Waals surface area contributed by atoms with E-state index < -0.39 is 12.1 Å². The van der Waals surface area contributed by atoms with Gasteiger partial charge in [-0.3, -0.25) is 0 Å². The van der Waals surface area contributed by atoms with E-state index in [1.54, 1.807) is 0 Å². The van der Waals surface area contributed by atoms with Gasteiger partial charge in [0.1, 0.15) is 11.7 Å². The lowest BCUT2D eigenvalue weighted by Gasteiger charge is -2.36. The van der Waals surface area contributed by atoms with Crippen molar-refractivity contribution in [3.63, 3.8) is 0 Å². The monoisotopic (exact) mass is 364 g/mol. The molecule has 0 radical (unpaired) electrons. The molecule has 0 N–H and O–H groups in total. The second-order valence-corrected chi connectivity index (χ2v) is 8.19. The Balaban J connectivity index is 1.36. The van der Waals surface area contributed by atoms with E-state index >= 15 is 0 Å². The minimum Gasteiger partial charge on any atom is -0.374 e. The molecule has 3 aliphatic rings. The second-order valence-electron chi connectivity index (χ2n) is 8.19. The first-order chi connectivity index (χ1) is 12.3. The highest BCUT2D eigenvalue weighted by Crippen LogP contribution is 2.42. The fourth-order valence-electron chi connectivity index (χ4n) is 3.47. The maximum atomic E-state index is 6.16. The highest BCUT2D eigenvalue weighted by atomic mass is 16.8. The molecule has 0 spiro atoms. The number of fused-ring (bicyclic) bond motifs is 1. The molecular formula is C20H28O6. The van der Waals surface area contributed by atoms with Gasteiger partial charge in [-0.05, 0) is 33.3 Å². The fraction of sp³-hybridized carbons (Fsp3) is 0.700. The lowest BCUT2D eigenvalue weighted by atomic mass is 10.0. The van der Waals surface area contributed by atoms with E-state index in [4.69, 9.17) is 28.4 Å². The smallest absolute Gasteiger partial charge is 0.190 e. The summed E-state index contributed by atoms with van der Waals surface area (Å²) in [6, 6.07) is 10.1. The molecule has 6 heteroatoms. The summed E-state index contributed by atoms with van der Waals surface area (Å²) in [6.07, 6.45) is -0.474. The van der Waals surface area contributed by atoms with Crippen molar-refractivity contribution in [2.24, 2.45) is 0 Å². The predicted molar refractivity (Wildman–Crippen MR) is 93.2 cm³/mol. The van der Waals surface area contributed by atoms with Gasteiger partial charge in [-0.2, -0.15) is 0 Å². The number of rotatable bonds is 6. The Hall–Kier alpha value is -1.02. The van der Waals surface area contributed by atoms with Gasteiger partial charge in [-0.1, -0.05) is 30.3 Å². The van der Waals surface area contributed by atoms with E-state index in [0.717, 1.165) is 5.56 Å². The van der Waals surface area contributed by atoms with Crippen LogP contribution in [0.3, 0.4) is 0 Å². The van der Waals surface area contributed by atoms with Crippen LogP contribution in [0.2, 0.25) is 0 Å². The van der Waals surface area contributed by atoms with E-state index in [1.807, 2.05) is 58.0 Å². The van der Waals surface area contributed by atoms with Gasteiger partial charge in [0, 0.05) is 6.42 Å².